The van der Waals surface area contributed by atoms with Gasteiger partial charge in [0.05, 0.1) is 6.04 Å². The molecule has 150 valence electrons. The molecule has 2 aromatic rings. The van der Waals surface area contributed by atoms with Gasteiger partial charge < -0.3 is 4.90 Å². The van der Waals surface area contributed by atoms with E-state index in [2.05, 4.69) is 42.2 Å². The molecule has 0 aliphatic carbocycles. The third-order valence-corrected chi connectivity index (χ3v) is 5.80. The van der Waals surface area contributed by atoms with Crippen LogP contribution in [-0.2, 0) is 22.7 Å². The van der Waals surface area contributed by atoms with Crippen molar-refractivity contribution in [2.45, 2.75) is 39.3 Å². The number of nitrogens with zero attached hydrogens (tertiary/aromatic N) is 2. The molecule has 1 amide bonds. The Bertz CT molecular complexity index is 768. The average Bonchev–Trinajstić information content (AvgIpc) is 2.69. The van der Waals surface area contributed by atoms with E-state index >= 15 is 0 Å². The van der Waals surface area contributed by atoms with Gasteiger partial charge in [-0.05, 0) is 36.0 Å². The van der Waals surface area contributed by atoms with Crippen molar-refractivity contribution in [3.8, 4) is 0 Å². The number of piperidine rings is 1. The number of hydrogen-bond donors (Lipinski definition) is 0. The smallest absolute Gasteiger partial charge is 0.243 e. The molecule has 3 rings (SSSR count). The van der Waals surface area contributed by atoms with Gasteiger partial charge in [-0.3, -0.25) is 9.63 Å². The van der Waals surface area contributed by atoms with Crippen molar-refractivity contribution in [3.63, 3.8) is 0 Å². The Kier molecular flexibility index (Phi) is 7.49. The molecule has 2 atom stereocenters. The summed E-state index contributed by atoms with van der Waals surface area (Å²) >= 11 is 6.22. The van der Waals surface area contributed by atoms with Gasteiger partial charge in [-0.15, -0.1) is 0 Å². The van der Waals surface area contributed by atoms with Gasteiger partial charge >= 0.3 is 0 Å². The van der Waals surface area contributed by atoms with E-state index in [1.807, 2.05) is 24.3 Å². The lowest BCUT2D eigenvalue weighted by Crippen LogP contribution is -2.51. The van der Waals surface area contributed by atoms with Crippen molar-refractivity contribution in [2.24, 2.45) is 5.92 Å². The van der Waals surface area contributed by atoms with E-state index < -0.39 is 0 Å². The van der Waals surface area contributed by atoms with E-state index in [9.17, 15) is 4.79 Å². The topological polar surface area (TPSA) is 32.8 Å². The van der Waals surface area contributed by atoms with E-state index in [-0.39, 0.29) is 11.9 Å². The third-order valence-electron chi connectivity index (χ3n) is 5.43. The summed E-state index contributed by atoms with van der Waals surface area (Å²) in [5, 5.41) is 2.23. The van der Waals surface area contributed by atoms with Crippen LogP contribution < -0.4 is 0 Å². The molecule has 0 bridgehead atoms. The summed E-state index contributed by atoms with van der Waals surface area (Å²) in [6.45, 7) is 7.06. The van der Waals surface area contributed by atoms with Gasteiger partial charge in [0.2, 0.25) is 5.91 Å². The second-order valence-electron chi connectivity index (χ2n) is 7.58. The molecule has 1 aliphatic rings. The molecule has 0 radical (unpaired) electrons. The van der Waals surface area contributed by atoms with Crippen molar-refractivity contribution in [2.75, 3.05) is 19.6 Å². The molecular formula is C23H29ClN2O2. The van der Waals surface area contributed by atoms with Gasteiger partial charge in [-0.2, -0.15) is 0 Å². The van der Waals surface area contributed by atoms with Crippen molar-refractivity contribution < 1.29 is 9.63 Å². The number of rotatable bonds is 7. The van der Waals surface area contributed by atoms with Crippen LogP contribution in [0.1, 0.15) is 31.4 Å². The number of carbonyl (C=O) groups is 1. The fourth-order valence-electron chi connectivity index (χ4n) is 3.88. The van der Waals surface area contributed by atoms with Gasteiger partial charge in [-0.25, -0.2) is 5.06 Å². The van der Waals surface area contributed by atoms with Crippen LogP contribution in [0.15, 0.2) is 54.6 Å². The van der Waals surface area contributed by atoms with E-state index in [0.29, 0.717) is 17.5 Å². The van der Waals surface area contributed by atoms with Crippen LogP contribution in [0.4, 0.5) is 0 Å². The first-order valence-corrected chi connectivity index (χ1v) is 10.3. The molecule has 0 spiro atoms. The van der Waals surface area contributed by atoms with Crippen molar-refractivity contribution >= 4 is 17.5 Å². The van der Waals surface area contributed by atoms with Crippen molar-refractivity contribution in [1.29, 1.82) is 0 Å². The predicted molar refractivity (Wildman–Crippen MR) is 113 cm³/mol. The Balaban J connectivity index is 1.54. The summed E-state index contributed by atoms with van der Waals surface area (Å²) < 4.78 is 0. The molecule has 0 N–H and O–H groups in total. The minimum atomic E-state index is -0.0540. The molecule has 1 saturated heterocycles. The lowest BCUT2D eigenvalue weighted by molar-refractivity contribution is -0.214. The summed E-state index contributed by atoms with van der Waals surface area (Å²) in [6.07, 6.45) is 1.97. The average molecular weight is 401 g/mol. The number of amides is 1. The Morgan fingerprint density at radius 3 is 2.57 bits per heavy atom. The maximum absolute atomic E-state index is 12.2. The zero-order valence-electron chi connectivity index (χ0n) is 16.7. The maximum atomic E-state index is 12.2. The fraction of sp³-hybridized carbons (Fsp3) is 0.435. The minimum absolute atomic E-state index is 0.0540. The quantitative estimate of drug-likeness (QED) is 0.638. The SMILES string of the molecule is CC(=O)N(OCc1ccccc1Cl)C1CCN(CCc2ccccc2)CC1C. The minimum Gasteiger partial charge on any atom is -0.303 e. The molecule has 28 heavy (non-hydrogen) atoms. The first-order valence-electron chi connectivity index (χ1n) is 9.97. The zero-order chi connectivity index (χ0) is 19.9. The summed E-state index contributed by atoms with van der Waals surface area (Å²) in [7, 11) is 0. The van der Waals surface area contributed by atoms with E-state index in [4.69, 9.17) is 16.4 Å². The van der Waals surface area contributed by atoms with Crippen LogP contribution in [-0.4, -0.2) is 41.5 Å². The zero-order valence-corrected chi connectivity index (χ0v) is 17.4. The van der Waals surface area contributed by atoms with Gasteiger partial charge in [0.15, 0.2) is 0 Å². The van der Waals surface area contributed by atoms with E-state index in [1.165, 1.54) is 5.56 Å². The highest BCUT2D eigenvalue weighted by Gasteiger charge is 2.33. The molecule has 0 aromatic heterocycles. The molecule has 5 heteroatoms. The van der Waals surface area contributed by atoms with Crippen LogP contribution >= 0.6 is 11.6 Å². The summed E-state index contributed by atoms with van der Waals surface area (Å²) in [5.74, 6) is 0.293. The second-order valence-corrected chi connectivity index (χ2v) is 7.99. The number of halogens is 1. The Morgan fingerprint density at radius 1 is 1.18 bits per heavy atom. The molecule has 1 fully saturated rings. The molecular weight excluding hydrogens is 372 g/mol. The molecule has 0 saturated carbocycles. The van der Waals surface area contributed by atoms with Crippen LogP contribution in [0.2, 0.25) is 5.02 Å². The highest BCUT2D eigenvalue weighted by atomic mass is 35.5. The maximum Gasteiger partial charge on any atom is 0.243 e. The van der Waals surface area contributed by atoms with Gasteiger partial charge in [-0.1, -0.05) is 67.1 Å². The van der Waals surface area contributed by atoms with Gasteiger partial charge in [0.25, 0.3) is 0 Å². The number of hydroxylamine groups is 2. The molecule has 1 heterocycles. The number of carbonyl (C=O) groups excluding carboxylic acids is 1. The molecule has 4 nitrogen and oxygen atoms in total. The summed E-state index contributed by atoms with van der Waals surface area (Å²) in [4.78, 5) is 20.7. The first-order chi connectivity index (χ1) is 13.5. The fourth-order valence-corrected chi connectivity index (χ4v) is 4.07. The van der Waals surface area contributed by atoms with Crippen LogP contribution in [0.25, 0.3) is 0 Å². The highest BCUT2D eigenvalue weighted by Crippen LogP contribution is 2.24. The normalized spacial score (nSPS) is 20.1. The predicted octanol–water partition coefficient (Wildman–Crippen LogP) is 4.57. The highest BCUT2D eigenvalue weighted by molar-refractivity contribution is 6.31. The second kappa shape index (κ2) is 10.1. The Morgan fingerprint density at radius 2 is 1.89 bits per heavy atom. The van der Waals surface area contributed by atoms with Crippen LogP contribution in [0.3, 0.4) is 0 Å². The largest absolute Gasteiger partial charge is 0.303 e. The first kappa shape index (κ1) is 20.8. The van der Waals surface area contributed by atoms with Gasteiger partial charge in [0, 0.05) is 31.6 Å². The summed E-state index contributed by atoms with van der Waals surface area (Å²) in [5.41, 5.74) is 2.26. The molecule has 2 aromatic carbocycles. The monoisotopic (exact) mass is 400 g/mol. The number of benzene rings is 2. The van der Waals surface area contributed by atoms with E-state index in [0.717, 1.165) is 38.0 Å². The number of likely N-dealkylation sites (tertiary alicyclic amines) is 1. The Labute approximate surface area is 173 Å². The number of hydrogen-bond acceptors (Lipinski definition) is 3. The van der Waals surface area contributed by atoms with Crippen LogP contribution in [0, 0.1) is 5.92 Å². The molecule has 2 unspecified atom stereocenters. The van der Waals surface area contributed by atoms with Crippen LogP contribution in [0.5, 0.6) is 0 Å². The molecule has 1 aliphatic heterocycles. The Hall–Kier alpha value is -1.88. The lowest BCUT2D eigenvalue weighted by Gasteiger charge is -2.41. The summed E-state index contributed by atoms with van der Waals surface area (Å²) in [6, 6.07) is 18.3. The van der Waals surface area contributed by atoms with Crippen molar-refractivity contribution in [1.82, 2.24) is 9.96 Å². The van der Waals surface area contributed by atoms with Crippen molar-refractivity contribution in [3.05, 3.63) is 70.7 Å². The lowest BCUT2D eigenvalue weighted by atomic mass is 9.93. The van der Waals surface area contributed by atoms with E-state index in [1.54, 1.807) is 12.0 Å². The third kappa shape index (κ3) is 5.57. The standard InChI is InChI=1S/C23H29ClN2O2/c1-18-16-25(14-12-20-8-4-3-5-9-20)15-13-23(18)26(19(2)27)28-17-21-10-6-7-11-22(21)24/h3-11,18,23H,12-17H2,1-2H3. The van der Waals surface area contributed by atoms with Gasteiger partial charge in [0.1, 0.15) is 6.61 Å².